The molecule has 4 N–H and O–H groups in total. The van der Waals surface area contributed by atoms with Crippen LogP contribution in [-0.2, 0) is 16.9 Å². The molecule has 0 bridgehead atoms. The third-order valence-corrected chi connectivity index (χ3v) is 6.93. The first-order chi connectivity index (χ1) is 15.3. The summed E-state index contributed by atoms with van der Waals surface area (Å²) in [6.07, 6.45) is 0.779. The molecule has 0 aromatic heterocycles. The molecule has 0 unspecified atom stereocenters. The quantitative estimate of drug-likeness (QED) is 0.494. The maximum atomic E-state index is 14.0. The average molecular weight is 516 g/mol. The van der Waals surface area contributed by atoms with E-state index in [1.807, 2.05) is 24.3 Å². The van der Waals surface area contributed by atoms with E-state index in [0.717, 1.165) is 43.7 Å². The first-order valence-electron chi connectivity index (χ1n) is 11.3. The van der Waals surface area contributed by atoms with Crippen molar-refractivity contribution in [2.75, 3.05) is 18.8 Å². The molecule has 1 amide bonds. The second kappa shape index (κ2) is 11.7. The predicted octanol–water partition coefficient (Wildman–Crippen LogP) is 4.52. The first-order valence-corrected chi connectivity index (χ1v) is 11.3. The van der Waals surface area contributed by atoms with Gasteiger partial charge in [-0.05, 0) is 36.5 Å². The van der Waals surface area contributed by atoms with Crippen LogP contribution in [0.25, 0.3) is 0 Å². The lowest BCUT2D eigenvalue weighted by atomic mass is 9.79. The zero-order valence-corrected chi connectivity index (χ0v) is 20.6. The SMILES string of the molecule is Cl.Cl.Nc1ccccc1CN1CCC(NC(=O)[C@](O)(c2ccccc2)[C@@H]2CCC(F)(F)C2)CC1. The van der Waals surface area contributed by atoms with Crippen molar-refractivity contribution >= 4 is 36.4 Å². The van der Waals surface area contributed by atoms with Crippen LogP contribution >= 0.6 is 24.8 Å². The normalized spacial score (nSPS) is 22.1. The Morgan fingerprint density at radius 2 is 1.68 bits per heavy atom. The van der Waals surface area contributed by atoms with Crippen LogP contribution in [0.4, 0.5) is 14.5 Å². The van der Waals surface area contributed by atoms with Gasteiger partial charge in [-0.25, -0.2) is 8.78 Å². The molecule has 0 spiro atoms. The number of nitrogens with two attached hydrogens (primary N) is 1. The summed E-state index contributed by atoms with van der Waals surface area (Å²) in [6.45, 7) is 2.31. The van der Waals surface area contributed by atoms with Gasteiger partial charge in [0.15, 0.2) is 5.60 Å². The Morgan fingerprint density at radius 1 is 1.06 bits per heavy atom. The maximum Gasteiger partial charge on any atom is 0.257 e. The van der Waals surface area contributed by atoms with Crippen LogP contribution in [0.5, 0.6) is 0 Å². The topological polar surface area (TPSA) is 78.6 Å². The summed E-state index contributed by atoms with van der Waals surface area (Å²) >= 11 is 0. The van der Waals surface area contributed by atoms with E-state index in [4.69, 9.17) is 5.73 Å². The highest BCUT2D eigenvalue weighted by Gasteiger charge is 2.53. The molecule has 5 nitrogen and oxygen atoms in total. The second-order valence-electron chi connectivity index (χ2n) is 9.15. The van der Waals surface area contributed by atoms with E-state index >= 15 is 0 Å². The molecule has 188 valence electrons. The van der Waals surface area contributed by atoms with E-state index in [9.17, 15) is 18.7 Å². The summed E-state index contributed by atoms with van der Waals surface area (Å²) in [4.78, 5) is 15.6. The van der Waals surface area contributed by atoms with Gasteiger partial charge in [0.05, 0.1) is 0 Å². The lowest BCUT2D eigenvalue weighted by Gasteiger charge is -2.37. The molecule has 1 aliphatic carbocycles. The Labute approximate surface area is 211 Å². The zero-order valence-electron chi connectivity index (χ0n) is 19.0. The highest BCUT2D eigenvalue weighted by Crippen LogP contribution is 2.47. The van der Waals surface area contributed by atoms with Gasteiger partial charge in [-0.15, -0.1) is 24.8 Å². The first kappa shape index (κ1) is 28.3. The summed E-state index contributed by atoms with van der Waals surface area (Å²) in [5.41, 5.74) is 6.31. The number of nitrogens with one attached hydrogen (secondary N) is 1. The van der Waals surface area contributed by atoms with Gasteiger partial charge in [0.1, 0.15) is 0 Å². The Hall–Kier alpha value is -1.93. The summed E-state index contributed by atoms with van der Waals surface area (Å²) < 4.78 is 27.9. The van der Waals surface area contributed by atoms with Gasteiger partial charge in [0.2, 0.25) is 5.92 Å². The van der Waals surface area contributed by atoms with Crippen LogP contribution in [0.2, 0.25) is 0 Å². The number of hydrogen-bond donors (Lipinski definition) is 3. The molecule has 1 aliphatic heterocycles. The molecule has 1 saturated carbocycles. The van der Waals surface area contributed by atoms with Crippen LogP contribution in [0.15, 0.2) is 54.6 Å². The number of para-hydroxylation sites is 1. The fourth-order valence-electron chi connectivity index (χ4n) is 5.00. The van der Waals surface area contributed by atoms with Gasteiger partial charge in [0, 0.05) is 50.1 Å². The predicted molar refractivity (Wildman–Crippen MR) is 134 cm³/mol. The van der Waals surface area contributed by atoms with Gasteiger partial charge in [0.25, 0.3) is 5.91 Å². The van der Waals surface area contributed by atoms with Crippen molar-refractivity contribution in [2.45, 2.75) is 56.2 Å². The van der Waals surface area contributed by atoms with Gasteiger partial charge >= 0.3 is 0 Å². The molecular weight excluding hydrogens is 483 g/mol. The molecule has 4 rings (SSSR count). The molecule has 2 fully saturated rings. The lowest BCUT2D eigenvalue weighted by Crippen LogP contribution is -2.54. The Balaban J connectivity index is 0.00000204. The van der Waals surface area contributed by atoms with Crippen LogP contribution in [-0.4, -0.2) is 41.0 Å². The van der Waals surface area contributed by atoms with E-state index in [0.29, 0.717) is 5.56 Å². The number of carbonyl (C=O) groups excluding carboxylic acids is 1. The van der Waals surface area contributed by atoms with E-state index < -0.39 is 29.8 Å². The zero-order chi connectivity index (χ0) is 22.8. The molecule has 2 aromatic rings. The molecule has 1 heterocycles. The van der Waals surface area contributed by atoms with Crippen molar-refractivity contribution in [3.05, 3.63) is 65.7 Å². The highest BCUT2D eigenvalue weighted by molar-refractivity contribution is 5.87. The molecule has 1 saturated heterocycles. The molecular formula is C25H33Cl2F2N3O2. The number of piperidine rings is 1. The Kier molecular flexibility index (Phi) is 9.71. The minimum Gasteiger partial charge on any atom is -0.398 e. The van der Waals surface area contributed by atoms with Crippen LogP contribution in [0.3, 0.4) is 0 Å². The number of nitrogens with zero attached hydrogens (tertiary/aromatic N) is 1. The van der Waals surface area contributed by atoms with E-state index in [1.165, 1.54) is 0 Å². The number of aliphatic hydroxyl groups is 1. The number of nitrogen functional groups attached to an aromatic ring is 1. The van der Waals surface area contributed by atoms with Crippen molar-refractivity contribution in [3.63, 3.8) is 0 Å². The number of hydrogen-bond acceptors (Lipinski definition) is 4. The van der Waals surface area contributed by atoms with Crippen molar-refractivity contribution < 1.29 is 18.7 Å². The Bertz CT molecular complexity index is 943. The van der Waals surface area contributed by atoms with Crippen LogP contribution in [0.1, 0.15) is 43.2 Å². The fraction of sp³-hybridized carbons (Fsp3) is 0.480. The molecule has 2 aliphatic rings. The lowest BCUT2D eigenvalue weighted by molar-refractivity contribution is -0.149. The van der Waals surface area contributed by atoms with E-state index in [2.05, 4.69) is 10.2 Å². The minimum absolute atomic E-state index is 0. The van der Waals surface area contributed by atoms with Crippen molar-refractivity contribution in [3.8, 4) is 0 Å². The number of likely N-dealkylation sites (tertiary alicyclic amines) is 1. The average Bonchev–Trinajstić information content (AvgIpc) is 3.16. The summed E-state index contributed by atoms with van der Waals surface area (Å²) in [5.74, 6) is -4.24. The standard InChI is InChI=1S/C25H31F2N3O2.2ClH/c26-24(27)13-10-20(16-24)25(32,19-7-2-1-3-8-19)23(31)29-21-11-14-30(15-12-21)17-18-6-4-5-9-22(18)28;;/h1-9,20-21,32H,10-17,28H2,(H,29,31);2*1H/t20-,25+;;/m1../s1. The number of anilines is 1. The van der Waals surface area contributed by atoms with Crippen molar-refractivity contribution in [1.82, 2.24) is 10.2 Å². The van der Waals surface area contributed by atoms with Crippen molar-refractivity contribution in [1.29, 1.82) is 0 Å². The number of carbonyl (C=O) groups is 1. The molecule has 2 aromatic carbocycles. The third-order valence-electron chi connectivity index (χ3n) is 6.93. The fourth-order valence-corrected chi connectivity index (χ4v) is 5.00. The van der Waals surface area contributed by atoms with Gasteiger partial charge in [-0.2, -0.15) is 0 Å². The van der Waals surface area contributed by atoms with E-state index in [-0.39, 0.29) is 43.7 Å². The maximum absolute atomic E-state index is 14.0. The number of benzene rings is 2. The van der Waals surface area contributed by atoms with Crippen LogP contribution < -0.4 is 11.1 Å². The largest absolute Gasteiger partial charge is 0.398 e. The minimum atomic E-state index is -2.85. The number of halogens is 4. The molecule has 9 heteroatoms. The summed E-state index contributed by atoms with van der Waals surface area (Å²) in [5, 5.41) is 14.5. The van der Waals surface area contributed by atoms with Gasteiger partial charge < -0.3 is 16.2 Å². The number of rotatable bonds is 6. The van der Waals surface area contributed by atoms with Crippen LogP contribution in [0, 0.1) is 5.92 Å². The molecule has 2 atom stereocenters. The molecule has 0 radical (unpaired) electrons. The second-order valence-corrected chi connectivity index (χ2v) is 9.15. The monoisotopic (exact) mass is 515 g/mol. The smallest absolute Gasteiger partial charge is 0.257 e. The highest BCUT2D eigenvalue weighted by atomic mass is 35.5. The van der Waals surface area contributed by atoms with Gasteiger partial charge in [-0.1, -0.05) is 48.5 Å². The summed E-state index contributed by atoms with van der Waals surface area (Å²) in [6, 6.07) is 16.2. The third kappa shape index (κ3) is 6.19. The summed E-state index contributed by atoms with van der Waals surface area (Å²) in [7, 11) is 0. The number of amides is 1. The number of alkyl halides is 2. The van der Waals surface area contributed by atoms with Crippen molar-refractivity contribution in [2.24, 2.45) is 5.92 Å². The van der Waals surface area contributed by atoms with E-state index in [1.54, 1.807) is 30.3 Å². The molecule has 34 heavy (non-hydrogen) atoms. The van der Waals surface area contributed by atoms with Gasteiger partial charge in [-0.3, -0.25) is 9.69 Å². The Morgan fingerprint density at radius 3 is 2.26 bits per heavy atom.